The Kier molecular flexibility index (Phi) is 3.54. The molecule has 0 amide bonds. The maximum Gasteiger partial charge on any atom is 0.308 e. The van der Waals surface area contributed by atoms with E-state index in [4.69, 9.17) is 17.0 Å². The van der Waals surface area contributed by atoms with Gasteiger partial charge in [0.15, 0.2) is 5.75 Å². The molecule has 0 atom stereocenters. The Hall–Kier alpha value is -1.68. The van der Waals surface area contributed by atoms with E-state index >= 15 is 0 Å². The molecule has 2 rings (SSSR count). The minimum absolute atomic E-state index is 0.305. The molecular formula is C13H13NO2S. The largest absolute Gasteiger partial charge is 0.424 e. The molecule has 4 heteroatoms. The maximum atomic E-state index is 11.0. The van der Waals surface area contributed by atoms with E-state index in [1.807, 2.05) is 24.4 Å². The highest BCUT2D eigenvalue weighted by molar-refractivity contribution is 7.78. The van der Waals surface area contributed by atoms with E-state index in [0.717, 1.165) is 23.9 Å². The second-order valence-electron chi connectivity index (χ2n) is 3.75. The van der Waals surface area contributed by atoms with Gasteiger partial charge in [-0.3, -0.25) is 4.79 Å². The third kappa shape index (κ3) is 2.53. The second-order valence-corrected chi connectivity index (χ2v) is 4.09. The molecule has 0 N–H and O–H groups in total. The number of carbonyl (C=O) groups is 1. The van der Waals surface area contributed by atoms with Crippen LogP contribution in [0.2, 0.25) is 0 Å². The summed E-state index contributed by atoms with van der Waals surface area (Å²) in [7, 11) is 0. The van der Waals surface area contributed by atoms with Crippen molar-refractivity contribution >= 4 is 34.5 Å². The summed E-state index contributed by atoms with van der Waals surface area (Å²) in [6.45, 7) is 2.20. The number of hydrogen-bond acceptors (Lipinski definition) is 3. The third-order valence-corrected chi connectivity index (χ3v) is 2.73. The number of thiocarbonyl (C=S) groups is 1. The zero-order chi connectivity index (χ0) is 12.3. The fraction of sp³-hybridized carbons (Fsp3) is 0.231. The molecule has 0 aliphatic carbocycles. The molecule has 0 bridgehead atoms. The number of nitrogens with zero attached hydrogens (tertiary/aromatic N) is 1. The van der Waals surface area contributed by atoms with E-state index in [9.17, 15) is 4.79 Å². The smallest absolute Gasteiger partial charge is 0.308 e. The molecular weight excluding hydrogens is 234 g/mol. The van der Waals surface area contributed by atoms with Gasteiger partial charge in [0.1, 0.15) is 0 Å². The second kappa shape index (κ2) is 5.10. The van der Waals surface area contributed by atoms with Gasteiger partial charge in [0.05, 0.1) is 5.52 Å². The van der Waals surface area contributed by atoms with Crippen LogP contribution in [0, 0.1) is 0 Å². The summed E-state index contributed by atoms with van der Waals surface area (Å²) >= 11 is 4.83. The fourth-order valence-corrected chi connectivity index (χ4v) is 1.95. The number of esters is 1. The molecule has 0 aliphatic rings. The third-order valence-electron chi connectivity index (χ3n) is 2.49. The van der Waals surface area contributed by atoms with E-state index in [1.54, 1.807) is 11.4 Å². The van der Waals surface area contributed by atoms with Gasteiger partial charge in [0, 0.05) is 25.1 Å². The molecule has 1 aromatic heterocycles. The average Bonchev–Trinajstić information content (AvgIpc) is 2.70. The van der Waals surface area contributed by atoms with Crippen molar-refractivity contribution in [2.24, 2.45) is 0 Å². The quantitative estimate of drug-likeness (QED) is 0.473. The molecule has 0 fully saturated rings. The van der Waals surface area contributed by atoms with Crippen LogP contribution in [0.25, 0.3) is 10.9 Å². The molecule has 17 heavy (non-hydrogen) atoms. The molecule has 3 nitrogen and oxygen atoms in total. The average molecular weight is 247 g/mol. The van der Waals surface area contributed by atoms with E-state index < -0.39 is 0 Å². The van der Waals surface area contributed by atoms with Crippen LogP contribution >= 0.6 is 12.2 Å². The molecule has 1 aromatic carbocycles. The Morgan fingerprint density at radius 1 is 1.47 bits per heavy atom. The summed E-state index contributed by atoms with van der Waals surface area (Å²) in [6, 6.07) is 7.68. The van der Waals surface area contributed by atoms with Crippen LogP contribution in [-0.4, -0.2) is 15.9 Å². The van der Waals surface area contributed by atoms with Gasteiger partial charge in [0.25, 0.3) is 0 Å². The highest BCUT2D eigenvalue weighted by atomic mass is 32.1. The number of rotatable bonds is 4. The Balaban J connectivity index is 2.47. The summed E-state index contributed by atoms with van der Waals surface area (Å²) < 4.78 is 7.26. The minimum Gasteiger partial charge on any atom is -0.424 e. The van der Waals surface area contributed by atoms with Crippen molar-refractivity contribution < 1.29 is 9.53 Å². The SMILES string of the molecule is CC(=O)Oc1cccc2ccn(CCC=S)c12. The van der Waals surface area contributed by atoms with Crippen LogP contribution < -0.4 is 4.74 Å². The fourth-order valence-electron chi connectivity index (χ4n) is 1.84. The van der Waals surface area contributed by atoms with Crippen molar-refractivity contribution in [2.45, 2.75) is 19.9 Å². The Morgan fingerprint density at radius 2 is 2.29 bits per heavy atom. The van der Waals surface area contributed by atoms with Crippen molar-refractivity contribution in [1.82, 2.24) is 4.57 Å². The van der Waals surface area contributed by atoms with E-state index in [1.165, 1.54) is 6.92 Å². The Morgan fingerprint density at radius 3 is 3.00 bits per heavy atom. The number of hydrogen-bond donors (Lipinski definition) is 0. The summed E-state index contributed by atoms with van der Waals surface area (Å²) in [4.78, 5) is 11.0. The molecule has 0 saturated carbocycles. The summed E-state index contributed by atoms with van der Waals surface area (Å²) in [5.74, 6) is 0.296. The first-order valence-corrected chi connectivity index (χ1v) is 5.89. The molecule has 0 radical (unpaired) electrons. The lowest BCUT2D eigenvalue weighted by Gasteiger charge is -2.08. The zero-order valence-electron chi connectivity index (χ0n) is 9.55. The number of para-hydroxylation sites is 1. The highest BCUT2D eigenvalue weighted by Gasteiger charge is 2.08. The number of aryl methyl sites for hydroxylation is 1. The number of aromatic nitrogens is 1. The topological polar surface area (TPSA) is 31.2 Å². The van der Waals surface area contributed by atoms with Crippen molar-refractivity contribution in [1.29, 1.82) is 0 Å². The van der Waals surface area contributed by atoms with Crippen LogP contribution in [-0.2, 0) is 11.3 Å². The first kappa shape index (κ1) is 11.8. The number of benzene rings is 1. The van der Waals surface area contributed by atoms with Crippen LogP contribution in [0.5, 0.6) is 5.75 Å². The van der Waals surface area contributed by atoms with Crippen LogP contribution in [0.15, 0.2) is 30.5 Å². The van der Waals surface area contributed by atoms with Crippen LogP contribution in [0.4, 0.5) is 0 Å². The van der Waals surface area contributed by atoms with Crippen molar-refractivity contribution in [2.75, 3.05) is 0 Å². The van der Waals surface area contributed by atoms with Gasteiger partial charge in [-0.25, -0.2) is 0 Å². The molecule has 1 heterocycles. The summed E-state index contributed by atoms with van der Waals surface area (Å²) in [6.07, 6.45) is 2.80. The van der Waals surface area contributed by atoms with Gasteiger partial charge in [-0.1, -0.05) is 24.4 Å². The standard InChI is InChI=1S/C13H13NO2S/c1-10(15)16-12-5-2-4-11-6-8-14(13(11)12)7-3-9-17/h2,4-6,8-9H,3,7H2,1H3. The van der Waals surface area contributed by atoms with Crippen molar-refractivity contribution in [3.05, 3.63) is 30.5 Å². The zero-order valence-corrected chi connectivity index (χ0v) is 10.4. The van der Waals surface area contributed by atoms with Gasteiger partial charge >= 0.3 is 5.97 Å². The minimum atomic E-state index is -0.305. The number of ether oxygens (including phenoxy) is 1. The summed E-state index contributed by atoms with van der Waals surface area (Å²) in [5, 5.41) is 2.77. The summed E-state index contributed by atoms with van der Waals surface area (Å²) in [5.41, 5.74) is 0.944. The Labute approximate surface area is 105 Å². The van der Waals surface area contributed by atoms with Crippen LogP contribution in [0.1, 0.15) is 13.3 Å². The normalized spacial score (nSPS) is 10.4. The molecule has 0 aliphatic heterocycles. The molecule has 0 spiro atoms. The molecule has 0 saturated heterocycles. The lowest BCUT2D eigenvalue weighted by Crippen LogP contribution is -2.04. The van der Waals surface area contributed by atoms with Gasteiger partial charge in [-0.05, 0) is 23.9 Å². The van der Waals surface area contributed by atoms with Gasteiger partial charge in [-0.15, -0.1) is 0 Å². The first-order chi connectivity index (χ1) is 8.22. The van der Waals surface area contributed by atoms with E-state index in [-0.39, 0.29) is 5.97 Å². The predicted octanol–water partition coefficient (Wildman–Crippen LogP) is 2.96. The van der Waals surface area contributed by atoms with Gasteiger partial charge in [-0.2, -0.15) is 0 Å². The number of fused-ring (bicyclic) bond motifs is 1. The monoisotopic (exact) mass is 247 g/mol. The van der Waals surface area contributed by atoms with Crippen LogP contribution in [0.3, 0.4) is 0 Å². The van der Waals surface area contributed by atoms with E-state index in [2.05, 4.69) is 4.57 Å². The van der Waals surface area contributed by atoms with Crippen molar-refractivity contribution in [3.63, 3.8) is 0 Å². The Bertz CT molecular complexity index is 560. The molecule has 88 valence electrons. The lowest BCUT2D eigenvalue weighted by molar-refractivity contribution is -0.131. The van der Waals surface area contributed by atoms with Crippen molar-refractivity contribution in [3.8, 4) is 5.75 Å². The van der Waals surface area contributed by atoms with Gasteiger partial charge < -0.3 is 9.30 Å². The number of carbonyl (C=O) groups excluding carboxylic acids is 1. The predicted molar refractivity (Wildman–Crippen MR) is 71.5 cm³/mol. The lowest BCUT2D eigenvalue weighted by atomic mass is 10.2. The van der Waals surface area contributed by atoms with Gasteiger partial charge in [0.2, 0.25) is 0 Å². The molecule has 0 unspecified atom stereocenters. The highest BCUT2D eigenvalue weighted by Crippen LogP contribution is 2.26. The van der Waals surface area contributed by atoms with E-state index in [0.29, 0.717) is 5.75 Å². The first-order valence-electron chi connectivity index (χ1n) is 5.42. The maximum absolute atomic E-state index is 11.0. The molecule has 2 aromatic rings.